The third-order valence-corrected chi connectivity index (χ3v) is 3.71. The zero-order valence-corrected chi connectivity index (χ0v) is 13.0. The first-order valence-electron chi connectivity index (χ1n) is 7.30. The number of benzene rings is 1. The number of phenols is 1. The van der Waals surface area contributed by atoms with Gasteiger partial charge in [-0.25, -0.2) is 0 Å². The number of carbonyl (C=O) groups excluding carboxylic acids is 1. The second kappa shape index (κ2) is 6.03. The summed E-state index contributed by atoms with van der Waals surface area (Å²) in [7, 11) is 0. The lowest BCUT2D eigenvalue weighted by molar-refractivity contribution is 0.0345. The summed E-state index contributed by atoms with van der Waals surface area (Å²) >= 11 is 0. The fourth-order valence-electron chi connectivity index (χ4n) is 2.73. The number of aliphatic hydroxyl groups is 1. The van der Waals surface area contributed by atoms with Gasteiger partial charge in [0.25, 0.3) is 0 Å². The van der Waals surface area contributed by atoms with Crippen molar-refractivity contribution < 1.29 is 15.0 Å². The predicted octanol–water partition coefficient (Wildman–Crippen LogP) is 1.49. The normalized spacial score (nSPS) is 17.0. The topological polar surface area (TPSA) is 64.0 Å². The third kappa shape index (κ3) is 4.19. The Kier molecular flexibility index (Phi) is 4.54. The number of ketones is 1. The number of piperazine rings is 1. The molecule has 1 aromatic rings. The van der Waals surface area contributed by atoms with Crippen LogP contribution in [-0.4, -0.2) is 59.2 Å². The molecular weight excluding hydrogens is 268 g/mol. The van der Waals surface area contributed by atoms with Crippen molar-refractivity contribution in [1.29, 1.82) is 0 Å². The van der Waals surface area contributed by atoms with Gasteiger partial charge in [0.05, 0.1) is 11.2 Å². The third-order valence-electron chi connectivity index (χ3n) is 3.71. The van der Waals surface area contributed by atoms with Gasteiger partial charge in [-0.3, -0.25) is 9.69 Å². The molecule has 0 unspecified atom stereocenters. The first-order chi connectivity index (χ1) is 9.76. The van der Waals surface area contributed by atoms with Crippen LogP contribution in [0.3, 0.4) is 0 Å². The Morgan fingerprint density at radius 2 is 1.86 bits per heavy atom. The highest BCUT2D eigenvalue weighted by Gasteiger charge is 2.23. The summed E-state index contributed by atoms with van der Waals surface area (Å²) in [6, 6.07) is 5.21. The molecule has 116 valence electrons. The Morgan fingerprint density at radius 1 is 1.24 bits per heavy atom. The molecule has 5 nitrogen and oxygen atoms in total. The standard InChI is InChI=1S/C16H24N2O3/c1-12(19)14-5-4-13(10-15(14)20)18-8-6-17(7-9-18)11-16(2,3)21/h4-5,10,20-21H,6-9,11H2,1-3H3. The Bertz CT molecular complexity index is 515. The van der Waals surface area contributed by atoms with E-state index in [9.17, 15) is 15.0 Å². The number of nitrogens with zero attached hydrogens (tertiary/aromatic N) is 2. The van der Waals surface area contributed by atoms with Gasteiger partial charge >= 0.3 is 0 Å². The van der Waals surface area contributed by atoms with Gasteiger partial charge in [0.15, 0.2) is 5.78 Å². The van der Waals surface area contributed by atoms with Gasteiger partial charge < -0.3 is 15.1 Å². The van der Waals surface area contributed by atoms with Crippen LogP contribution in [0.1, 0.15) is 31.1 Å². The average Bonchev–Trinajstić information content (AvgIpc) is 2.37. The fourth-order valence-corrected chi connectivity index (χ4v) is 2.73. The molecule has 0 saturated carbocycles. The summed E-state index contributed by atoms with van der Waals surface area (Å²) in [6.45, 7) is 9.18. The van der Waals surface area contributed by atoms with Crippen molar-refractivity contribution in [2.24, 2.45) is 0 Å². The van der Waals surface area contributed by atoms with E-state index in [-0.39, 0.29) is 11.5 Å². The number of anilines is 1. The van der Waals surface area contributed by atoms with Crippen LogP contribution in [0.4, 0.5) is 5.69 Å². The molecule has 1 heterocycles. The first-order valence-corrected chi connectivity index (χ1v) is 7.30. The number of hydrogen-bond donors (Lipinski definition) is 2. The van der Waals surface area contributed by atoms with Crippen molar-refractivity contribution in [1.82, 2.24) is 4.90 Å². The van der Waals surface area contributed by atoms with Crippen molar-refractivity contribution in [3.8, 4) is 5.75 Å². The molecule has 2 N–H and O–H groups in total. The SMILES string of the molecule is CC(=O)c1ccc(N2CCN(CC(C)(C)O)CC2)cc1O. The lowest BCUT2D eigenvalue weighted by Gasteiger charge is -2.38. The molecule has 1 aliphatic heterocycles. The van der Waals surface area contributed by atoms with Crippen LogP contribution in [0.15, 0.2) is 18.2 Å². The fraction of sp³-hybridized carbons (Fsp3) is 0.562. The maximum Gasteiger partial charge on any atom is 0.163 e. The molecule has 1 aliphatic rings. The zero-order chi connectivity index (χ0) is 15.6. The van der Waals surface area contributed by atoms with Crippen molar-refractivity contribution in [3.05, 3.63) is 23.8 Å². The van der Waals surface area contributed by atoms with Crippen LogP contribution in [0.2, 0.25) is 0 Å². The molecule has 21 heavy (non-hydrogen) atoms. The molecule has 1 aromatic carbocycles. The van der Waals surface area contributed by atoms with E-state index >= 15 is 0 Å². The van der Waals surface area contributed by atoms with Gasteiger partial charge in [0, 0.05) is 44.5 Å². The highest BCUT2D eigenvalue weighted by atomic mass is 16.3. The maximum atomic E-state index is 11.3. The van der Waals surface area contributed by atoms with Crippen LogP contribution in [0.5, 0.6) is 5.75 Å². The lowest BCUT2D eigenvalue weighted by atomic mass is 10.1. The van der Waals surface area contributed by atoms with Crippen LogP contribution in [0, 0.1) is 0 Å². The Hall–Kier alpha value is -1.59. The summed E-state index contributed by atoms with van der Waals surface area (Å²) in [6.07, 6.45) is 0. The lowest BCUT2D eigenvalue weighted by Crippen LogP contribution is -2.50. The van der Waals surface area contributed by atoms with E-state index in [1.54, 1.807) is 12.1 Å². The second-order valence-corrected chi connectivity index (χ2v) is 6.33. The van der Waals surface area contributed by atoms with Crippen LogP contribution in [-0.2, 0) is 0 Å². The predicted molar refractivity (Wildman–Crippen MR) is 83.1 cm³/mol. The molecule has 0 spiro atoms. The molecule has 0 radical (unpaired) electrons. The quantitative estimate of drug-likeness (QED) is 0.823. The van der Waals surface area contributed by atoms with E-state index in [1.807, 2.05) is 19.9 Å². The van der Waals surface area contributed by atoms with Gasteiger partial charge in [-0.15, -0.1) is 0 Å². The molecule has 0 atom stereocenters. The highest BCUT2D eigenvalue weighted by molar-refractivity contribution is 5.97. The molecule has 0 aliphatic carbocycles. The molecular formula is C16H24N2O3. The molecule has 5 heteroatoms. The Labute approximate surface area is 125 Å². The van der Waals surface area contributed by atoms with E-state index in [2.05, 4.69) is 9.80 Å². The van der Waals surface area contributed by atoms with Gasteiger partial charge in [-0.05, 0) is 32.9 Å². The average molecular weight is 292 g/mol. The molecule has 0 bridgehead atoms. The van der Waals surface area contributed by atoms with Crippen molar-refractivity contribution in [2.75, 3.05) is 37.6 Å². The minimum Gasteiger partial charge on any atom is -0.507 e. The van der Waals surface area contributed by atoms with E-state index in [4.69, 9.17) is 0 Å². The van der Waals surface area contributed by atoms with Crippen LogP contribution < -0.4 is 4.90 Å². The van der Waals surface area contributed by atoms with Crippen molar-refractivity contribution in [3.63, 3.8) is 0 Å². The number of hydrogen-bond acceptors (Lipinski definition) is 5. The van der Waals surface area contributed by atoms with E-state index < -0.39 is 5.60 Å². The maximum absolute atomic E-state index is 11.3. The van der Waals surface area contributed by atoms with Gasteiger partial charge in [0.2, 0.25) is 0 Å². The summed E-state index contributed by atoms with van der Waals surface area (Å²) in [4.78, 5) is 15.7. The summed E-state index contributed by atoms with van der Waals surface area (Å²) in [5, 5.41) is 19.8. The summed E-state index contributed by atoms with van der Waals surface area (Å²) < 4.78 is 0. The molecule has 1 fully saturated rings. The Balaban J connectivity index is 1.99. The number of carbonyl (C=O) groups is 1. The van der Waals surface area contributed by atoms with Crippen LogP contribution >= 0.6 is 0 Å². The second-order valence-electron chi connectivity index (χ2n) is 6.33. The number of β-amino-alcohol motifs (C(OH)–C–C–N with tert-alkyl or cyclic N) is 1. The van der Waals surface area contributed by atoms with Crippen molar-refractivity contribution >= 4 is 11.5 Å². The first kappa shape index (κ1) is 15.8. The minimum atomic E-state index is -0.677. The van der Waals surface area contributed by atoms with Gasteiger partial charge in [0.1, 0.15) is 5.75 Å². The molecule has 1 saturated heterocycles. The summed E-state index contributed by atoms with van der Waals surface area (Å²) in [5.74, 6) is -0.0898. The van der Waals surface area contributed by atoms with E-state index in [0.717, 1.165) is 31.9 Å². The Morgan fingerprint density at radius 3 is 2.33 bits per heavy atom. The summed E-state index contributed by atoms with van der Waals surface area (Å²) in [5.41, 5.74) is 0.614. The van der Waals surface area contributed by atoms with Crippen LogP contribution in [0.25, 0.3) is 0 Å². The number of Topliss-reactive ketones (excluding diaryl/α,β-unsaturated/α-hetero) is 1. The smallest absolute Gasteiger partial charge is 0.163 e. The van der Waals surface area contributed by atoms with Gasteiger partial charge in [-0.2, -0.15) is 0 Å². The molecule has 0 amide bonds. The number of phenolic OH excluding ortho intramolecular Hbond substituents is 1. The minimum absolute atomic E-state index is 0.0407. The van der Waals surface area contributed by atoms with Gasteiger partial charge in [-0.1, -0.05) is 0 Å². The zero-order valence-electron chi connectivity index (χ0n) is 13.0. The van der Waals surface area contributed by atoms with Crippen molar-refractivity contribution in [2.45, 2.75) is 26.4 Å². The van der Waals surface area contributed by atoms with E-state index in [0.29, 0.717) is 12.1 Å². The largest absolute Gasteiger partial charge is 0.507 e. The van der Waals surface area contributed by atoms with E-state index in [1.165, 1.54) is 6.92 Å². The monoisotopic (exact) mass is 292 g/mol. The molecule has 2 rings (SSSR count). The number of rotatable bonds is 4. The molecule has 0 aromatic heterocycles. The highest BCUT2D eigenvalue weighted by Crippen LogP contribution is 2.26. The number of aromatic hydroxyl groups is 1.